The smallest absolute Gasteiger partial charge is 0.275 e. The third kappa shape index (κ3) is 3.41. The van der Waals surface area contributed by atoms with Crippen molar-refractivity contribution in [3.63, 3.8) is 0 Å². The fourth-order valence-corrected chi connectivity index (χ4v) is 2.69. The van der Waals surface area contributed by atoms with Crippen LogP contribution in [0.2, 0.25) is 0 Å². The zero-order valence-corrected chi connectivity index (χ0v) is 13.5. The molecule has 1 fully saturated rings. The van der Waals surface area contributed by atoms with Crippen LogP contribution >= 0.6 is 0 Å². The number of benzene rings is 1. The van der Waals surface area contributed by atoms with Gasteiger partial charge in [0.25, 0.3) is 5.91 Å². The minimum Gasteiger partial charge on any atom is -0.485 e. The van der Waals surface area contributed by atoms with Crippen molar-refractivity contribution in [3.8, 4) is 5.75 Å². The molecule has 0 aliphatic carbocycles. The zero-order valence-electron chi connectivity index (χ0n) is 13.5. The number of amides is 1. The Morgan fingerprint density at radius 3 is 3.00 bits per heavy atom. The molecule has 2 heterocycles. The van der Waals surface area contributed by atoms with Crippen LogP contribution in [0.3, 0.4) is 0 Å². The molecule has 0 saturated carbocycles. The number of nitrogens with zero attached hydrogens (tertiary/aromatic N) is 2. The first-order chi connectivity index (χ1) is 11.3. The average Bonchev–Trinajstić information content (AvgIpc) is 2.95. The third-order valence-corrected chi connectivity index (χ3v) is 4.17. The van der Waals surface area contributed by atoms with Gasteiger partial charge in [-0.05, 0) is 25.5 Å². The number of oxazole rings is 1. The van der Waals surface area contributed by atoms with Gasteiger partial charge in [-0.2, -0.15) is 0 Å². The van der Waals surface area contributed by atoms with E-state index >= 15 is 0 Å². The summed E-state index contributed by atoms with van der Waals surface area (Å²) in [6.45, 7) is 3.86. The molecule has 0 radical (unpaired) electrons. The van der Waals surface area contributed by atoms with E-state index in [-0.39, 0.29) is 18.1 Å². The standard InChI is InChI=1S/C17H19FN2O4/c1-11-19-14(10-23-11)16(21)20-7-6-17(2,22)15(9-20)24-13-5-3-4-12(18)8-13/h3-5,8,10,15,22H,6-7,9H2,1-2H3/t15-,17-/m1/s1. The molecular weight excluding hydrogens is 315 g/mol. The lowest BCUT2D eigenvalue weighted by molar-refractivity contribution is -0.0882. The Morgan fingerprint density at radius 1 is 1.54 bits per heavy atom. The molecule has 3 rings (SSSR count). The molecule has 2 atom stereocenters. The number of aliphatic hydroxyl groups is 1. The number of aryl methyl sites for hydroxylation is 1. The molecule has 1 aromatic heterocycles. The van der Waals surface area contributed by atoms with Gasteiger partial charge >= 0.3 is 0 Å². The maximum Gasteiger partial charge on any atom is 0.275 e. The van der Waals surface area contributed by atoms with Crippen LogP contribution in [0.25, 0.3) is 0 Å². The molecule has 1 N–H and O–H groups in total. The van der Waals surface area contributed by atoms with Gasteiger partial charge in [-0.15, -0.1) is 0 Å². The molecule has 1 amide bonds. The molecule has 0 unspecified atom stereocenters. The fourth-order valence-electron chi connectivity index (χ4n) is 2.69. The lowest BCUT2D eigenvalue weighted by atomic mass is 9.90. The Hall–Kier alpha value is -2.41. The van der Waals surface area contributed by atoms with Gasteiger partial charge in [0.15, 0.2) is 11.6 Å². The maximum atomic E-state index is 13.3. The van der Waals surface area contributed by atoms with E-state index < -0.39 is 17.5 Å². The quantitative estimate of drug-likeness (QED) is 0.931. The number of rotatable bonds is 3. The van der Waals surface area contributed by atoms with Crippen molar-refractivity contribution in [2.45, 2.75) is 32.0 Å². The molecule has 6 nitrogen and oxygen atoms in total. The molecule has 1 aliphatic heterocycles. The predicted octanol–water partition coefficient (Wildman–Crippen LogP) is 2.17. The summed E-state index contributed by atoms with van der Waals surface area (Å²) < 4.78 is 24.1. The van der Waals surface area contributed by atoms with Crippen LogP contribution in [0.15, 0.2) is 34.9 Å². The van der Waals surface area contributed by atoms with Crippen LogP contribution in [-0.4, -0.2) is 45.7 Å². The van der Waals surface area contributed by atoms with E-state index in [4.69, 9.17) is 9.15 Å². The van der Waals surface area contributed by atoms with E-state index in [0.717, 1.165) is 0 Å². The van der Waals surface area contributed by atoms with E-state index in [9.17, 15) is 14.3 Å². The summed E-state index contributed by atoms with van der Waals surface area (Å²) in [6, 6.07) is 5.71. The van der Waals surface area contributed by atoms with Crippen molar-refractivity contribution in [2.75, 3.05) is 13.1 Å². The van der Waals surface area contributed by atoms with Crippen molar-refractivity contribution in [3.05, 3.63) is 47.9 Å². The highest BCUT2D eigenvalue weighted by atomic mass is 19.1. The normalized spacial score (nSPS) is 24.0. The van der Waals surface area contributed by atoms with Crippen molar-refractivity contribution in [1.29, 1.82) is 0 Å². The van der Waals surface area contributed by atoms with Crippen LogP contribution in [0.4, 0.5) is 4.39 Å². The number of carbonyl (C=O) groups is 1. The summed E-state index contributed by atoms with van der Waals surface area (Å²) in [7, 11) is 0. The van der Waals surface area contributed by atoms with E-state index in [1.807, 2.05) is 0 Å². The number of likely N-dealkylation sites (tertiary alicyclic amines) is 1. The van der Waals surface area contributed by atoms with E-state index in [1.165, 1.54) is 24.5 Å². The number of hydrogen-bond donors (Lipinski definition) is 1. The summed E-state index contributed by atoms with van der Waals surface area (Å²) in [5, 5.41) is 10.5. The summed E-state index contributed by atoms with van der Waals surface area (Å²) in [5.74, 6) is 0.0194. The highest BCUT2D eigenvalue weighted by Gasteiger charge is 2.41. The Balaban J connectivity index is 1.76. The molecule has 128 valence electrons. The Morgan fingerprint density at radius 2 is 2.33 bits per heavy atom. The predicted molar refractivity (Wildman–Crippen MR) is 83.2 cm³/mol. The van der Waals surface area contributed by atoms with Crippen LogP contribution in [-0.2, 0) is 0 Å². The monoisotopic (exact) mass is 334 g/mol. The minimum absolute atomic E-state index is 0.175. The minimum atomic E-state index is -1.12. The largest absolute Gasteiger partial charge is 0.485 e. The van der Waals surface area contributed by atoms with Gasteiger partial charge < -0.3 is 19.2 Å². The molecule has 2 aromatic rings. The number of piperidine rings is 1. The molecule has 0 spiro atoms. The van der Waals surface area contributed by atoms with E-state index in [2.05, 4.69) is 4.98 Å². The van der Waals surface area contributed by atoms with Crippen LogP contribution in [0.5, 0.6) is 5.75 Å². The Kier molecular flexibility index (Phi) is 4.28. The van der Waals surface area contributed by atoms with Crippen molar-refractivity contribution >= 4 is 5.91 Å². The maximum absolute atomic E-state index is 13.3. The average molecular weight is 334 g/mol. The SMILES string of the molecule is Cc1nc(C(=O)N2CC[C@@](C)(O)[C@H](Oc3cccc(F)c3)C2)co1. The van der Waals surface area contributed by atoms with Gasteiger partial charge in [0, 0.05) is 19.5 Å². The molecular formula is C17H19FN2O4. The van der Waals surface area contributed by atoms with E-state index in [0.29, 0.717) is 24.6 Å². The number of carbonyl (C=O) groups excluding carboxylic acids is 1. The van der Waals surface area contributed by atoms with Gasteiger partial charge in [0.05, 0.1) is 6.54 Å². The summed E-state index contributed by atoms with van der Waals surface area (Å²) >= 11 is 0. The van der Waals surface area contributed by atoms with Crippen LogP contribution in [0.1, 0.15) is 29.7 Å². The lowest BCUT2D eigenvalue weighted by Gasteiger charge is -2.42. The summed E-state index contributed by atoms with van der Waals surface area (Å²) in [4.78, 5) is 18.1. The molecule has 1 aromatic carbocycles. The van der Waals surface area contributed by atoms with Crippen molar-refractivity contribution in [1.82, 2.24) is 9.88 Å². The number of halogens is 1. The van der Waals surface area contributed by atoms with Crippen molar-refractivity contribution in [2.24, 2.45) is 0 Å². The van der Waals surface area contributed by atoms with Crippen LogP contribution in [0, 0.1) is 12.7 Å². The lowest BCUT2D eigenvalue weighted by Crippen LogP contribution is -2.57. The molecule has 1 saturated heterocycles. The topological polar surface area (TPSA) is 75.8 Å². The second-order valence-corrected chi connectivity index (χ2v) is 6.17. The van der Waals surface area contributed by atoms with Gasteiger partial charge in [0.1, 0.15) is 29.5 Å². The molecule has 0 bridgehead atoms. The Labute approximate surface area is 138 Å². The number of aromatic nitrogens is 1. The van der Waals surface area contributed by atoms with Crippen molar-refractivity contribution < 1.29 is 23.4 Å². The first-order valence-electron chi connectivity index (χ1n) is 7.71. The number of hydrogen-bond acceptors (Lipinski definition) is 5. The first kappa shape index (κ1) is 16.4. The zero-order chi connectivity index (χ0) is 17.3. The Bertz CT molecular complexity index is 744. The molecule has 24 heavy (non-hydrogen) atoms. The fraction of sp³-hybridized carbons (Fsp3) is 0.412. The van der Waals surface area contributed by atoms with Gasteiger partial charge in [-0.1, -0.05) is 6.07 Å². The second kappa shape index (κ2) is 6.24. The third-order valence-electron chi connectivity index (χ3n) is 4.17. The molecule has 1 aliphatic rings. The van der Waals surface area contributed by atoms with Crippen LogP contribution < -0.4 is 4.74 Å². The van der Waals surface area contributed by atoms with Gasteiger partial charge in [0.2, 0.25) is 0 Å². The molecule has 7 heteroatoms. The van der Waals surface area contributed by atoms with Gasteiger partial charge in [-0.3, -0.25) is 4.79 Å². The van der Waals surface area contributed by atoms with E-state index in [1.54, 1.807) is 24.8 Å². The number of ether oxygens (including phenoxy) is 1. The summed E-state index contributed by atoms with van der Waals surface area (Å²) in [5.41, 5.74) is -0.901. The second-order valence-electron chi connectivity index (χ2n) is 6.17. The summed E-state index contributed by atoms with van der Waals surface area (Å²) in [6.07, 6.45) is 0.979. The highest BCUT2D eigenvalue weighted by Crippen LogP contribution is 2.27. The first-order valence-corrected chi connectivity index (χ1v) is 7.71. The highest BCUT2D eigenvalue weighted by molar-refractivity contribution is 5.92. The van der Waals surface area contributed by atoms with Gasteiger partial charge in [-0.25, -0.2) is 9.37 Å².